The largest absolute Gasteiger partial charge is 0.318 e. The van der Waals surface area contributed by atoms with Crippen molar-refractivity contribution in [1.29, 1.82) is 0 Å². The van der Waals surface area contributed by atoms with Crippen LogP contribution in [0.2, 0.25) is 0 Å². The molecule has 1 aliphatic heterocycles. The zero-order chi connectivity index (χ0) is 21.4. The molecule has 11 nitrogen and oxygen atoms in total. The second kappa shape index (κ2) is 7.30. The molecule has 0 spiro atoms. The molecule has 0 radical (unpaired) electrons. The normalized spacial score (nSPS) is 14.6. The number of tetrazole rings is 1. The number of aromatic amines is 1. The number of hydrogen-bond donors (Lipinski definition) is 2. The standard InChI is InChI=1S/C20H14N8O3/c29-19-17-16(15(22-23-19)11-6-12-4-2-1-3-5-12)18(27-20(21-17)24-25-26-27)13-7-9-14(10-8-13)28(30)31/h1-11,18H,(H,23,29)(H,21,24,26)/b11-6+/t18-/m0/s1. The lowest BCUT2D eigenvalue weighted by Crippen LogP contribution is -2.29. The monoisotopic (exact) mass is 414 g/mol. The van der Waals surface area contributed by atoms with Gasteiger partial charge in [-0.2, -0.15) is 9.78 Å². The molecular formula is C20H14N8O3. The maximum Gasteiger partial charge on any atom is 0.288 e. The van der Waals surface area contributed by atoms with E-state index in [2.05, 4.69) is 31.0 Å². The lowest BCUT2D eigenvalue weighted by molar-refractivity contribution is -0.384. The molecule has 1 atom stereocenters. The Hall–Kier alpha value is -4.67. The number of nitrogens with one attached hydrogen (secondary N) is 2. The molecule has 11 heteroatoms. The van der Waals surface area contributed by atoms with Crippen molar-refractivity contribution in [2.45, 2.75) is 6.04 Å². The average molecular weight is 414 g/mol. The Morgan fingerprint density at radius 2 is 1.84 bits per heavy atom. The molecule has 0 amide bonds. The fraction of sp³-hybridized carbons (Fsp3) is 0.0500. The van der Waals surface area contributed by atoms with E-state index < -0.39 is 16.5 Å². The topological polar surface area (TPSA) is 145 Å². The first-order valence-electron chi connectivity index (χ1n) is 9.27. The number of nitro benzene ring substituents is 1. The first-order chi connectivity index (χ1) is 15.1. The Balaban J connectivity index is 1.69. The number of aromatic nitrogens is 6. The van der Waals surface area contributed by atoms with E-state index in [1.54, 1.807) is 18.2 Å². The molecule has 2 aromatic carbocycles. The fourth-order valence-corrected chi connectivity index (χ4v) is 3.51. The Kier molecular flexibility index (Phi) is 4.32. The predicted octanol–water partition coefficient (Wildman–Crippen LogP) is 2.53. The number of H-pyrrole nitrogens is 1. The van der Waals surface area contributed by atoms with E-state index in [9.17, 15) is 14.9 Å². The lowest BCUT2D eigenvalue weighted by atomic mass is 9.94. The van der Waals surface area contributed by atoms with Crippen molar-refractivity contribution in [3.05, 3.63) is 97.4 Å². The van der Waals surface area contributed by atoms with Gasteiger partial charge in [-0.25, -0.2) is 5.10 Å². The third-order valence-corrected chi connectivity index (χ3v) is 4.95. The van der Waals surface area contributed by atoms with Gasteiger partial charge in [-0.05, 0) is 39.8 Å². The molecular weight excluding hydrogens is 400 g/mol. The first kappa shape index (κ1) is 18.4. The lowest BCUT2D eigenvalue weighted by Gasteiger charge is -2.27. The van der Waals surface area contributed by atoms with Gasteiger partial charge in [0.1, 0.15) is 11.7 Å². The Morgan fingerprint density at radius 3 is 2.58 bits per heavy atom. The fourth-order valence-electron chi connectivity index (χ4n) is 3.51. The van der Waals surface area contributed by atoms with Gasteiger partial charge in [0.05, 0.1) is 10.6 Å². The summed E-state index contributed by atoms with van der Waals surface area (Å²) in [6.45, 7) is 0. The maximum atomic E-state index is 12.6. The summed E-state index contributed by atoms with van der Waals surface area (Å²) >= 11 is 0. The maximum absolute atomic E-state index is 12.6. The molecule has 2 aromatic heterocycles. The SMILES string of the molecule is O=c1[nH]nc(/C=C/c2ccccc2)c2c1Nc1nnnn1[C@H]2c1ccc([N+](=O)[O-])cc1. The molecule has 0 bridgehead atoms. The van der Waals surface area contributed by atoms with Crippen molar-refractivity contribution < 1.29 is 4.92 Å². The zero-order valence-corrected chi connectivity index (χ0v) is 15.8. The summed E-state index contributed by atoms with van der Waals surface area (Å²) in [5.41, 5.74) is 2.51. The van der Waals surface area contributed by atoms with Gasteiger partial charge in [0.2, 0.25) is 5.95 Å². The summed E-state index contributed by atoms with van der Waals surface area (Å²) in [6.07, 6.45) is 3.67. The average Bonchev–Trinajstić information content (AvgIpc) is 3.27. The summed E-state index contributed by atoms with van der Waals surface area (Å²) in [7, 11) is 0. The summed E-state index contributed by atoms with van der Waals surface area (Å²) in [4.78, 5) is 23.2. The van der Waals surface area contributed by atoms with Gasteiger partial charge >= 0.3 is 0 Å². The van der Waals surface area contributed by atoms with Gasteiger partial charge in [0, 0.05) is 17.7 Å². The van der Waals surface area contributed by atoms with E-state index in [1.807, 2.05) is 36.4 Å². The van der Waals surface area contributed by atoms with Crippen molar-refractivity contribution in [3.63, 3.8) is 0 Å². The van der Waals surface area contributed by atoms with Gasteiger partial charge in [-0.15, -0.1) is 0 Å². The highest BCUT2D eigenvalue weighted by Crippen LogP contribution is 2.38. The van der Waals surface area contributed by atoms with Crippen molar-refractivity contribution in [2.24, 2.45) is 0 Å². The molecule has 0 fully saturated rings. The summed E-state index contributed by atoms with van der Waals surface area (Å²) in [6, 6.07) is 15.1. The number of benzene rings is 2. The second-order valence-corrected chi connectivity index (χ2v) is 6.79. The molecule has 3 heterocycles. The quantitative estimate of drug-likeness (QED) is 0.337. The molecule has 0 aliphatic carbocycles. The van der Waals surface area contributed by atoms with E-state index in [-0.39, 0.29) is 17.3 Å². The van der Waals surface area contributed by atoms with E-state index in [4.69, 9.17) is 0 Å². The van der Waals surface area contributed by atoms with Crippen LogP contribution in [-0.4, -0.2) is 35.3 Å². The van der Waals surface area contributed by atoms with Gasteiger partial charge in [0.25, 0.3) is 11.2 Å². The van der Waals surface area contributed by atoms with Gasteiger partial charge in [-0.3, -0.25) is 14.9 Å². The molecule has 152 valence electrons. The van der Waals surface area contributed by atoms with E-state index in [0.717, 1.165) is 5.56 Å². The molecule has 0 unspecified atom stereocenters. The van der Waals surface area contributed by atoms with Crippen LogP contribution < -0.4 is 10.9 Å². The third kappa shape index (κ3) is 3.23. The molecule has 31 heavy (non-hydrogen) atoms. The number of nitrogens with zero attached hydrogens (tertiary/aromatic N) is 6. The van der Waals surface area contributed by atoms with Crippen LogP contribution in [0.25, 0.3) is 12.2 Å². The molecule has 2 N–H and O–H groups in total. The second-order valence-electron chi connectivity index (χ2n) is 6.79. The van der Waals surface area contributed by atoms with Crippen LogP contribution in [0.5, 0.6) is 0 Å². The van der Waals surface area contributed by atoms with Crippen LogP contribution in [0, 0.1) is 10.1 Å². The van der Waals surface area contributed by atoms with Crippen LogP contribution in [-0.2, 0) is 0 Å². The van der Waals surface area contributed by atoms with Crippen molar-refractivity contribution in [2.75, 3.05) is 5.32 Å². The van der Waals surface area contributed by atoms with Crippen molar-refractivity contribution in [1.82, 2.24) is 30.4 Å². The minimum Gasteiger partial charge on any atom is -0.318 e. The van der Waals surface area contributed by atoms with Crippen LogP contribution in [0.1, 0.15) is 28.4 Å². The van der Waals surface area contributed by atoms with Gasteiger partial charge in [0.15, 0.2) is 0 Å². The Labute approximate surface area is 174 Å². The van der Waals surface area contributed by atoms with E-state index >= 15 is 0 Å². The summed E-state index contributed by atoms with van der Waals surface area (Å²) < 4.78 is 1.52. The molecule has 4 aromatic rings. The van der Waals surface area contributed by atoms with Crippen LogP contribution in [0.3, 0.4) is 0 Å². The van der Waals surface area contributed by atoms with Crippen LogP contribution in [0.15, 0.2) is 59.4 Å². The molecule has 0 saturated heterocycles. The minimum atomic E-state index is -0.604. The number of nitro groups is 1. The zero-order valence-electron chi connectivity index (χ0n) is 15.8. The highest BCUT2D eigenvalue weighted by Gasteiger charge is 2.33. The van der Waals surface area contributed by atoms with Crippen molar-refractivity contribution in [3.8, 4) is 0 Å². The Bertz CT molecular complexity index is 1360. The molecule has 0 saturated carbocycles. The number of rotatable bonds is 4. The predicted molar refractivity (Wildman–Crippen MR) is 112 cm³/mol. The summed E-state index contributed by atoms with van der Waals surface area (Å²) in [5.74, 6) is 0.283. The highest BCUT2D eigenvalue weighted by molar-refractivity contribution is 5.75. The van der Waals surface area contributed by atoms with E-state index in [0.29, 0.717) is 16.8 Å². The summed E-state index contributed by atoms with van der Waals surface area (Å²) in [5, 5.41) is 32.4. The number of non-ortho nitro benzene ring substituents is 1. The third-order valence-electron chi connectivity index (χ3n) is 4.95. The van der Waals surface area contributed by atoms with Crippen LogP contribution in [0.4, 0.5) is 17.3 Å². The number of anilines is 2. The Morgan fingerprint density at radius 1 is 1.06 bits per heavy atom. The first-order valence-corrected chi connectivity index (χ1v) is 9.27. The molecule has 1 aliphatic rings. The smallest absolute Gasteiger partial charge is 0.288 e. The van der Waals surface area contributed by atoms with Crippen molar-refractivity contribution >= 4 is 29.5 Å². The van der Waals surface area contributed by atoms with Gasteiger partial charge < -0.3 is 5.32 Å². The van der Waals surface area contributed by atoms with Gasteiger partial charge in [-0.1, -0.05) is 41.5 Å². The van der Waals surface area contributed by atoms with E-state index in [1.165, 1.54) is 16.8 Å². The highest BCUT2D eigenvalue weighted by atomic mass is 16.6. The molecule has 5 rings (SSSR count). The number of hydrogen-bond acceptors (Lipinski definition) is 8. The minimum absolute atomic E-state index is 0.0388. The van der Waals surface area contributed by atoms with Crippen LogP contribution >= 0.6 is 0 Å². The number of fused-ring (bicyclic) bond motifs is 2.